The lowest BCUT2D eigenvalue weighted by Gasteiger charge is -2.25. The summed E-state index contributed by atoms with van der Waals surface area (Å²) in [6.07, 6.45) is 0.650. The Hall–Kier alpha value is -2.86. The molecule has 0 aliphatic heterocycles. The monoisotopic (exact) mass is 383 g/mol. The Morgan fingerprint density at radius 3 is 2.56 bits per heavy atom. The number of aliphatic carboxylic acids is 1. The van der Waals surface area contributed by atoms with Gasteiger partial charge in [0.25, 0.3) is 0 Å². The first-order valence-corrected chi connectivity index (χ1v) is 9.04. The van der Waals surface area contributed by atoms with Crippen molar-refractivity contribution in [1.82, 2.24) is 15.3 Å². The molecule has 0 radical (unpaired) electrons. The van der Waals surface area contributed by atoms with Crippen molar-refractivity contribution >= 4 is 34.5 Å². The van der Waals surface area contributed by atoms with Crippen LogP contribution in [0.25, 0.3) is 11.0 Å². The molecule has 7 heteroatoms. The Kier molecular flexibility index (Phi) is 4.36. The lowest BCUT2D eigenvalue weighted by Crippen LogP contribution is -2.43. The number of H-pyrrole nitrogens is 1. The molecule has 0 saturated heterocycles. The van der Waals surface area contributed by atoms with Crippen LogP contribution in [0.2, 0.25) is 5.02 Å². The number of aromatic nitrogens is 2. The normalized spacial score (nSPS) is 14.9. The van der Waals surface area contributed by atoms with Crippen LogP contribution in [-0.2, 0) is 29.0 Å². The summed E-state index contributed by atoms with van der Waals surface area (Å²) in [5.41, 5.74) is 2.65. The van der Waals surface area contributed by atoms with E-state index in [9.17, 15) is 14.7 Å². The number of carboxylic acid groups (broad SMARTS) is 1. The number of amides is 1. The molecule has 138 valence electrons. The quantitative estimate of drug-likeness (QED) is 0.631. The minimum absolute atomic E-state index is 0.197. The molecule has 1 amide bonds. The van der Waals surface area contributed by atoms with Crippen molar-refractivity contribution in [2.75, 3.05) is 0 Å². The number of aromatic amines is 1. The van der Waals surface area contributed by atoms with Crippen molar-refractivity contribution in [2.24, 2.45) is 5.41 Å². The zero-order chi connectivity index (χ0) is 19.0. The highest BCUT2D eigenvalue weighted by Crippen LogP contribution is 2.40. The molecule has 1 aliphatic carbocycles. The third-order valence-corrected chi connectivity index (χ3v) is 5.29. The Bertz CT molecular complexity index is 1020. The molecule has 1 heterocycles. The molecule has 3 N–H and O–H groups in total. The number of imidazole rings is 1. The smallest absolute Gasteiger partial charge is 0.304 e. The summed E-state index contributed by atoms with van der Waals surface area (Å²) in [6.45, 7) is 0.197. The predicted molar refractivity (Wildman–Crippen MR) is 101 cm³/mol. The Morgan fingerprint density at radius 1 is 1.19 bits per heavy atom. The van der Waals surface area contributed by atoms with Crippen LogP contribution in [-0.4, -0.2) is 27.0 Å². The minimum Gasteiger partial charge on any atom is -0.481 e. The van der Waals surface area contributed by atoms with Crippen LogP contribution < -0.4 is 5.32 Å². The Balaban J connectivity index is 1.53. The molecule has 1 aliphatic rings. The summed E-state index contributed by atoms with van der Waals surface area (Å²) < 4.78 is 0. The van der Waals surface area contributed by atoms with Crippen molar-refractivity contribution < 1.29 is 14.7 Å². The third kappa shape index (κ3) is 3.40. The van der Waals surface area contributed by atoms with Crippen molar-refractivity contribution in [3.8, 4) is 0 Å². The lowest BCUT2D eigenvalue weighted by molar-refractivity contribution is -0.145. The molecule has 3 aromatic rings. The topological polar surface area (TPSA) is 95.1 Å². The first-order chi connectivity index (χ1) is 12.9. The summed E-state index contributed by atoms with van der Waals surface area (Å²) >= 11 is 5.97. The van der Waals surface area contributed by atoms with Gasteiger partial charge in [0.15, 0.2) is 0 Å². The third-order valence-electron chi connectivity index (χ3n) is 5.06. The van der Waals surface area contributed by atoms with E-state index in [1.165, 1.54) is 0 Å². The lowest BCUT2D eigenvalue weighted by atomic mass is 9.80. The van der Waals surface area contributed by atoms with E-state index >= 15 is 0 Å². The zero-order valence-corrected chi connectivity index (χ0v) is 15.2. The van der Waals surface area contributed by atoms with E-state index in [0.29, 0.717) is 23.7 Å². The average molecular weight is 384 g/mol. The first kappa shape index (κ1) is 17.5. The van der Waals surface area contributed by atoms with Gasteiger partial charge in [0.05, 0.1) is 29.4 Å². The summed E-state index contributed by atoms with van der Waals surface area (Å²) in [5.74, 6) is -0.641. The maximum absolute atomic E-state index is 13.0. The summed E-state index contributed by atoms with van der Waals surface area (Å²) in [6, 6.07) is 13.1. The maximum atomic E-state index is 13.0. The molecule has 2 aromatic carbocycles. The van der Waals surface area contributed by atoms with Gasteiger partial charge in [0, 0.05) is 5.02 Å². The second-order valence-electron chi connectivity index (χ2n) is 7.00. The fourth-order valence-corrected chi connectivity index (χ4v) is 3.98. The number of nitrogens with zero attached hydrogens (tertiary/aromatic N) is 1. The number of carbonyl (C=O) groups excluding carboxylic acids is 1. The summed E-state index contributed by atoms with van der Waals surface area (Å²) in [7, 11) is 0. The molecule has 0 atom stereocenters. The highest BCUT2D eigenvalue weighted by atomic mass is 35.5. The molecular formula is C20H18ClN3O3. The molecule has 1 aromatic heterocycles. The molecular weight excluding hydrogens is 366 g/mol. The fourth-order valence-electron chi connectivity index (χ4n) is 3.82. The highest BCUT2D eigenvalue weighted by molar-refractivity contribution is 6.31. The van der Waals surface area contributed by atoms with E-state index in [4.69, 9.17) is 11.6 Å². The largest absolute Gasteiger partial charge is 0.481 e. The Morgan fingerprint density at radius 2 is 1.89 bits per heavy atom. The second-order valence-corrected chi connectivity index (χ2v) is 7.44. The number of rotatable bonds is 5. The highest BCUT2D eigenvalue weighted by Gasteiger charge is 2.45. The van der Waals surface area contributed by atoms with Gasteiger partial charge in [0.2, 0.25) is 5.91 Å². The predicted octanol–water partition coefficient (Wildman–Crippen LogP) is 3.09. The average Bonchev–Trinajstić information content (AvgIpc) is 3.19. The van der Waals surface area contributed by atoms with Gasteiger partial charge < -0.3 is 15.4 Å². The number of carboxylic acids is 1. The molecule has 0 saturated carbocycles. The number of carbonyl (C=O) groups is 2. The van der Waals surface area contributed by atoms with Crippen LogP contribution >= 0.6 is 11.6 Å². The summed E-state index contributed by atoms with van der Waals surface area (Å²) in [4.78, 5) is 32.0. The number of benzene rings is 2. The van der Waals surface area contributed by atoms with Crippen molar-refractivity contribution in [1.29, 1.82) is 0 Å². The van der Waals surface area contributed by atoms with E-state index in [-0.39, 0.29) is 18.9 Å². The van der Waals surface area contributed by atoms with E-state index < -0.39 is 11.4 Å². The van der Waals surface area contributed by atoms with Gasteiger partial charge in [-0.3, -0.25) is 9.59 Å². The van der Waals surface area contributed by atoms with Crippen LogP contribution in [0.3, 0.4) is 0 Å². The molecule has 6 nitrogen and oxygen atoms in total. The van der Waals surface area contributed by atoms with E-state index in [1.807, 2.05) is 30.3 Å². The second kappa shape index (κ2) is 6.70. The van der Waals surface area contributed by atoms with Crippen LogP contribution in [0.5, 0.6) is 0 Å². The van der Waals surface area contributed by atoms with Crippen LogP contribution in [0, 0.1) is 5.41 Å². The van der Waals surface area contributed by atoms with E-state index in [2.05, 4.69) is 15.3 Å². The zero-order valence-electron chi connectivity index (χ0n) is 14.5. The number of nitrogens with one attached hydrogen (secondary N) is 2. The van der Waals surface area contributed by atoms with Crippen molar-refractivity contribution in [3.63, 3.8) is 0 Å². The van der Waals surface area contributed by atoms with Gasteiger partial charge in [-0.15, -0.1) is 0 Å². The molecule has 0 fully saturated rings. The van der Waals surface area contributed by atoms with E-state index in [1.54, 1.807) is 12.1 Å². The number of hydrogen-bond acceptors (Lipinski definition) is 3. The summed E-state index contributed by atoms with van der Waals surface area (Å²) in [5, 5.41) is 12.8. The van der Waals surface area contributed by atoms with Crippen LogP contribution in [0.1, 0.15) is 23.4 Å². The van der Waals surface area contributed by atoms with Gasteiger partial charge in [-0.2, -0.15) is 0 Å². The number of hydrogen-bond donors (Lipinski definition) is 3. The van der Waals surface area contributed by atoms with Crippen LogP contribution in [0.15, 0.2) is 42.5 Å². The molecule has 0 spiro atoms. The van der Waals surface area contributed by atoms with Crippen LogP contribution in [0.4, 0.5) is 0 Å². The van der Waals surface area contributed by atoms with Crippen molar-refractivity contribution in [3.05, 3.63) is 64.4 Å². The van der Waals surface area contributed by atoms with Gasteiger partial charge >= 0.3 is 5.97 Å². The van der Waals surface area contributed by atoms with Gasteiger partial charge in [-0.25, -0.2) is 4.98 Å². The molecule has 0 unspecified atom stereocenters. The van der Waals surface area contributed by atoms with Gasteiger partial charge in [-0.1, -0.05) is 35.9 Å². The molecule has 27 heavy (non-hydrogen) atoms. The molecule has 4 rings (SSSR count). The maximum Gasteiger partial charge on any atom is 0.304 e. The number of halogens is 1. The minimum atomic E-state index is -0.976. The number of fused-ring (bicyclic) bond motifs is 2. The van der Waals surface area contributed by atoms with Gasteiger partial charge in [-0.05, 0) is 42.2 Å². The van der Waals surface area contributed by atoms with E-state index in [0.717, 1.165) is 22.2 Å². The SMILES string of the molecule is O=C(O)CC1(C(=O)NCc2nc3cc(Cl)ccc3[nH]2)Cc2ccccc2C1. The van der Waals surface area contributed by atoms with Crippen molar-refractivity contribution in [2.45, 2.75) is 25.8 Å². The standard InChI is InChI=1S/C20H18ClN3O3/c21-14-5-6-15-16(7-14)24-17(23-15)11-22-19(27)20(10-18(25)26)8-12-3-1-2-4-13(12)9-20/h1-7H,8-11H2,(H,22,27)(H,23,24)(H,25,26). The Labute approximate surface area is 160 Å². The first-order valence-electron chi connectivity index (χ1n) is 8.66. The fraction of sp³-hybridized carbons (Fsp3) is 0.250. The molecule has 0 bridgehead atoms. The van der Waals surface area contributed by atoms with Gasteiger partial charge in [0.1, 0.15) is 5.82 Å².